The molecule has 3 N–H and O–H groups in total. The topological polar surface area (TPSA) is 55.1 Å². The van der Waals surface area contributed by atoms with E-state index in [1.807, 2.05) is 5.43 Å². The van der Waals surface area contributed by atoms with Gasteiger partial charge in [0.1, 0.15) is 0 Å². The Morgan fingerprint density at radius 3 is 2.57 bits per heavy atom. The molecule has 0 aliphatic heterocycles. The summed E-state index contributed by atoms with van der Waals surface area (Å²) < 4.78 is 0. The number of rotatable bonds is 2. The molecule has 1 atom stereocenters. The Morgan fingerprint density at radius 1 is 1.86 bits per heavy atom. The van der Waals surface area contributed by atoms with Crippen molar-refractivity contribution in [1.29, 1.82) is 0 Å². The first-order valence-corrected chi connectivity index (χ1v) is 2.82. The van der Waals surface area contributed by atoms with E-state index in [4.69, 9.17) is 5.84 Å². The summed E-state index contributed by atoms with van der Waals surface area (Å²) in [5, 5.41) is 0. The normalized spacial score (nSPS) is 8.29. The first-order chi connectivity index (χ1) is 3.31. The molecule has 0 saturated heterocycles. The molecule has 0 bridgehead atoms. The van der Waals surface area contributed by atoms with Crippen molar-refractivity contribution in [3.8, 4) is 0 Å². The summed E-state index contributed by atoms with van der Waals surface area (Å²) in [6.45, 7) is 0. The highest BCUT2D eigenvalue weighted by Gasteiger charge is 1.90. The first kappa shape index (κ1) is 6.86. The summed E-state index contributed by atoms with van der Waals surface area (Å²) in [4.78, 5) is 10.2. The number of nitrogens with one attached hydrogen (secondary N) is 1. The van der Waals surface area contributed by atoms with Crippen LogP contribution < -0.4 is 11.3 Å². The molecule has 0 heterocycles. The van der Waals surface area contributed by atoms with E-state index in [1.165, 1.54) is 0 Å². The molecular weight excluding hydrogens is 111 g/mol. The summed E-state index contributed by atoms with van der Waals surface area (Å²) in [5.74, 6) is 4.63. The summed E-state index contributed by atoms with van der Waals surface area (Å²) in [5.41, 5.74) is 2.01. The Morgan fingerprint density at radius 2 is 2.43 bits per heavy atom. The lowest BCUT2D eigenvalue weighted by Gasteiger charge is -1.91. The molecule has 0 aliphatic carbocycles. The summed E-state index contributed by atoms with van der Waals surface area (Å²) in [6.07, 6.45) is 1.25. The van der Waals surface area contributed by atoms with Gasteiger partial charge in [-0.2, -0.15) is 0 Å². The second-order valence-electron chi connectivity index (χ2n) is 1.11. The second-order valence-corrected chi connectivity index (χ2v) is 1.68. The summed E-state index contributed by atoms with van der Waals surface area (Å²) in [7, 11) is 2.44. The molecule has 0 aliphatic rings. The van der Waals surface area contributed by atoms with Gasteiger partial charge in [0.25, 0.3) is 0 Å². The molecule has 0 aromatic heterocycles. The third-order valence-electron chi connectivity index (χ3n) is 0.532. The largest absolute Gasteiger partial charge is 0.294 e. The van der Waals surface area contributed by atoms with Crippen molar-refractivity contribution in [2.24, 2.45) is 5.84 Å². The molecule has 0 aromatic rings. The van der Waals surface area contributed by atoms with Crippen LogP contribution in [-0.4, -0.2) is 12.1 Å². The monoisotopic (exact) mass is 120 g/mol. The zero-order valence-corrected chi connectivity index (χ0v) is 5.13. The van der Waals surface area contributed by atoms with Gasteiger partial charge < -0.3 is 0 Å². The van der Waals surface area contributed by atoms with Gasteiger partial charge in [0, 0.05) is 6.42 Å². The maximum Gasteiger partial charge on any atom is 0.234 e. The molecule has 0 spiro atoms. The minimum atomic E-state index is -0.116. The molecule has 7 heavy (non-hydrogen) atoms. The maximum absolute atomic E-state index is 10.2. The number of hydrogen-bond donors (Lipinski definition) is 2. The molecule has 42 valence electrons. The molecule has 0 radical (unpaired) electrons. The van der Waals surface area contributed by atoms with Crippen LogP contribution in [0.1, 0.15) is 6.42 Å². The Hall–Kier alpha value is -0.140. The second kappa shape index (κ2) is 4.03. The van der Waals surface area contributed by atoms with E-state index in [0.717, 1.165) is 6.16 Å². The Bertz CT molecular complexity index is 66.0. The van der Waals surface area contributed by atoms with Crippen LogP contribution in [0.2, 0.25) is 0 Å². The van der Waals surface area contributed by atoms with Crippen molar-refractivity contribution in [3.05, 3.63) is 0 Å². The lowest BCUT2D eigenvalue weighted by Crippen LogP contribution is -2.29. The molecule has 0 rings (SSSR count). The van der Waals surface area contributed by atoms with Crippen LogP contribution in [0.25, 0.3) is 0 Å². The molecule has 3 nitrogen and oxygen atoms in total. The highest BCUT2D eigenvalue weighted by molar-refractivity contribution is 7.16. The molecule has 0 saturated carbocycles. The van der Waals surface area contributed by atoms with Crippen LogP contribution in [0, 0.1) is 0 Å². The number of amides is 1. The van der Waals surface area contributed by atoms with Crippen LogP contribution in [0.5, 0.6) is 0 Å². The van der Waals surface area contributed by atoms with Crippen LogP contribution in [0.3, 0.4) is 0 Å². The van der Waals surface area contributed by atoms with Crippen LogP contribution in [0.15, 0.2) is 0 Å². The standard InChI is InChI=1S/C3H9N2OP/c4-5-3(6)1-2-7/h1-2,4,7H2,(H,5,6). The van der Waals surface area contributed by atoms with E-state index in [9.17, 15) is 4.79 Å². The van der Waals surface area contributed by atoms with Gasteiger partial charge in [0.15, 0.2) is 0 Å². The van der Waals surface area contributed by atoms with Gasteiger partial charge in [0.05, 0.1) is 0 Å². The molecule has 1 unspecified atom stereocenters. The highest BCUT2D eigenvalue weighted by atomic mass is 31.0. The number of nitrogens with two attached hydrogens (primary N) is 1. The van der Waals surface area contributed by atoms with Gasteiger partial charge in [-0.25, -0.2) is 5.84 Å². The fourth-order valence-electron chi connectivity index (χ4n) is 0.203. The van der Waals surface area contributed by atoms with Crippen molar-refractivity contribution in [3.63, 3.8) is 0 Å². The number of hydrogen-bond acceptors (Lipinski definition) is 2. The van der Waals surface area contributed by atoms with E-state index in [2.05, 4.69) is 9.24 Å². The van der Waals surface area contributed by atoms with Gasteiger partial charge in [0.2, 0.25) is 5.91 Å². The Balaban J connectivity index is 3.00. The fourth-order valence-corrected chi connectivity index (χ4v) is 0.465. The summed E-state index contributed by atoms with van der Waals surface area (Å²) in [6, 6.07) is 0. The van der Waals surface area contributed by atoms with Gasteiger partial charge in [-0.05, 0) is 6.16 Å². The van der Waals surface area contributed by atoms with Crippen molar-refractivity contribution in [1.82, 2.24) is 5.43 Å². The minimum Gasteiger partial charge on any atom is -0.294 e. The number of carbonyl (C=O) groups excluding carboxylic acids is 1. The molecular formula is C3H9N2OP. The van der Waals surface area contributed by atoms with E-state index < -0.39 is 0 Å². The van der Waals surface area contributed by atoms with Crippen molar-refractivity contribution in [2.45, 2.75) is 6.42 Å². The SMILES string of the molecule is NNC(=O)CCP. The van der Waals surface area contributed by atoms with E-state index in [1.54, 1.807) is 0 Å². The van der Waals surface area contributed by atoms with Crippen molar-refractivity contribution < 1.29 is 4.79 Å². The van der Waals surface area contributed by atoms with Crippen molar-refractivity contribution >= 4 is 15.1 Å². The van der Waals surface area contributed by atoms with E-state index in [0.29, 0.717) is 6.42 Å². The van der Waals surface area contributed by atoms with Gasteiger partial charge in [-0.15, -0.1) is 9.24 Å². The average Bonchev–Trinajstić information content (AvgIpc) is 1.68. The number of carbonyl (C=O) groups is 1. The molecule has 0 aromatic carbocycles. The van der Waals surface area contributed by atoms with E-state index in [-0.39, 0.29) is 5.91 Å². The number of hydrazine groups is 1. The minimum absolute atomic E-state index is 0.116. The van der Waals surface area contributed by atoms with E-state index >= 15 is 0 Å². The van der Waals surface area contributed by atoms with Crippen LogP contribution in [-0.2, 0) is 4.79 Å². The third-order valence-corrected chi connectivity index (χ3v) is 0.821. The van der Waals surface area contributed by atoms with Gasteiger partial charge in [-0.1, -0.05) is 0 Å². The summed E-state index contributed by atoms with van der Waals surface area (Å²) >= 11 is 0. The predicted molar refractivity (Wildman–Crippen MR) is 31.5 cm³/mol. The lowest BCUT2D eigenvalue weighted by molar-refractivity contribution is -0.120. The zero-order valence-electron chi connectivity index (χ0n) is 3.98. The van der Waals surface area contributed by atoms with Gasteiger partial charge in [-0.3, -0.25) is 10.2 Å². The van der Waals surface area contributed by atoms with Gasteiger partial charge >= 0.3 is 0 Å². The molecule has 0 fully saturated rings. The van der Waals surface area contributed by atoms with Crippen LogP contribution >= 0.6 is 9.24 Å². The first-order valence-electron chi connectivity index (χ1n) is 2.00. The van der Waals surface area contributed by atoms with Crippen molar-refractivity contribution in [2.75, 3.05) is 6.16 Å². The van der Waals surface area contributed by atoms with Crippen LogP contribution in [0.4, 0.5) is 0 Å². The predicted octanol–water partition coefficient (Wildman–Crippen LogP) is -0.759. The lowest BCUT2D eigenvalue weighted by atomic mass is 10.5. The molecule has 4 heteroatoms. The quantitative estimate of drug-likeness (QED) is 0.218. The fraction of sp³-hybridized carbons (Fsp3) is 0.667. The Labute approximate surface area is 44.8 Å². The zero-order chi connectivity index (χ0) is 5.70. The smallest absolute Gasteiger partial charge is 0.234 e. The maximum atomic E-state index is 10.2. The molecule has 1 amide bonds. The highest BCUT2D eigenvalue weighted by Crippen LogP contribution is 1.84. The Kier molecular flexibility index (Phi) is 3.95. The third kappa shape index (κ3) is 3.70. The average molecular weight is 120 g/mol.